The van der Waals surface area contributed by atoms with E-state index in [0.717, 1.165) is 20.3 Å². The molecule has 0 saturated heterocycles. The van der Waals surface area contributed by atoms with Crippen LogP contribution in [0.25, 0.3) is 10.2 Å². The number of fused-ring (bicyclic) bond motifs is 1. The first-order valence-corrected chi connectivity index (χ1v) is 7.68. The molecule has 0 radical (unpaired) electrons. The average molecular weight is 347 g/mol. The highest BCUT2D eigenvalue weighted by atomic mass is 79.9. The number of amides is 1. The summed E-state index contributed by atoms with van der Waals surface area (Å²) in [5, 5.41) is 3.47. The van der Waals surface area contributed by atoms with Crippen LogP contribution >= 0.6 is 27.3 Å². The van der Waals surface area contributed by atoms with Crippen LogP contribution in [-0.4, -0.2) is 10.9 Å². The van der Waals surface area contributed by atoms with Gasteiger partial charge in [-0.2, -0.15) is 0 Å². The van der Waals surface area contributed by atoms with Gasteiger partial charge in [0.2, 0.25) is 0 Å². The second kappa shape index (κ2) is 5.34. The van der Waals surface area contributed by atoms with Gasteiger partial charge < -0.3 is 0 Å². The van der Waals surface area contributed by atoms with Gasteiger partial charge in [-0.15, -0.1) is 0 Å². The molecule has 3 nitrogen and oxygen atoms in total. The molecular formula is C15H11BrN2OS. The molecule has 0 spiro atoms. The second-order valence-electron chi connectivity index (χ2n) is 4.38. The molecule has 1 heterocycles. The molecule has 0 unspecified atom stereocenters. The van der Waals surface area contributed by atoms with Gasteiger partial charge in [-0.3, -0.25) is 10.1 Å². The van der Waals surface area contributed by atoms with Gasteiger partial charge in [-0.05, 0) is 46.6 Å². The van der Waals surface area contributed by atoms with Crippen LogP contribution in [0.5, 0.6) is 0 Å². The van der Waals surface area contributed by atoms with Gasteiger partial charge in [0.25, 0.3) is 5.91 Å². The normalized spacial score (nSPS) is 10.7. The molecule has 0 fully saturated rings. The Labute approximate surface area is 128 Å². The number of nitrogens with one attached hydrogen (secondary N) is 1. The van der Waals surface area contributed by atoms with Crippen LogP contribution < -0.4 is 5.32 Å². The van der Waals surface area contributed by atoms with Gasteiger partial charge in [-0.1, -0.05) is 35.6 Å². The third kappa shape index (κ3) is 2.46. The Morgan fingerprint density at radius 1 is 1.20 bits per heavy atom. The molecule has 100 valence electrons. The maximum Gasteiger partial charge on any atom is 0.258 e. The lowest BCUT2D eigenvalue weighted by atomic mass is 10.1. The van der Waals surface area contributed by atoms with Crippen molar-refractivity contribution in [1.82, 2.24) is 4.98 Å². The van der Waals surface area contributed by atoms with E-state index < -0.39 is 0 Å². The van der Waals surface area contributed by atoms with Crippen molar-refractivity contribution in [2.75, 3.05) is 5.32 Å². The Morgan fingerprint density at radius 2 is 2.00 bits per heavy atom. The summed E-state index contributed by atoms with van der Waals surface area (Å²) in [7, 11) is 0. The lowest BCUT2D eigenvalue weighted by molar-refractivity contribution is 0.102. The number of rotatable bonds is 2. The zero-order chi connectivity index (χ0) is 14.1. The van der Waals surface area contributed by atoms with Crippen molar-refractivity contribution in [2.24, 2.45) is 0 Å². The monoisotopic (exact) mass is 346 g/mol. The molecule has 1 aromatic heterocycles. The van der Waals surface area contributed by atoms with Crippen LogP contribution in [0.4, 0.5) is 5.13 Å². The molecule has 3 aromatic rings. The number of hydrogen-bond acceptors (Lipinski definition) is 3. The van der Waals surface area contributed by atoms with Crippen molar-refractivity contribution in [3.05, 3.63) is 58.1 Å². The number of aryl methyl sites for hydroxylation is 1. The van der Waals surface area contributed by atoms with Gasteiger partial charge in [0, 0.05) is 4.47 Å². The fraction of sp³-hybridized carbons (Fsp3) is 0.0667. The maximum atomic E-state index is 12.3. The van der Waals surface area contributed by atoms with E-state index in [9.17, 15) is 4.79 Å². The minimum atomic E-state index is -0.153. The number of para-hydroxylation sites is 1. The van der Waals surface area contributed by atoms with Crippen LogP contribution in [0.2, 0.25) is 0 Å². The van der Waals surface area contributed by atoms with E-state index in [1.807, 2.05) is 43.3 Å². The summed E-state index contributed by atoms with van der Waals surface area (Å²) in [5.41, 5.74) is 2.54. The van der Waals surface area contributed by atoms with Crippen LogP contribution in [0, 0.1) is 6.92 Å². The summed E-state index contributed by atoms with van der Waals surface area (Å²) in [6.07, 6.45) is 0. The van der Waals surface area contributed by atoms with Crippen molar-refractivity contribution in [2.45, 2.75) is 6.92 Å². The summed E-state index contributed by atoms with van der Waals surface area (Å²) in [4.78, 5) is 16.7. The number of thiazole rings is 1. The zero-order valence-electron chi connectivity index (χ0n) is 10.7. The number of halogens is 1. The predicted octanol–water partition coefficient (Wildman–Crippen LogP) is 4.62. The minimum absolute atomic E-state index is 0.153. The Balaban J connectivity index is 1.90. The number of carbonyl (C=O) groups excluding carboxylic acids is 1. The van der Waals surface area contributed by atoms with E-state index >= 15 is 0 Å². The third-order valence-electron chi connectivity index (χ3n) is 2.95. The van der Waals surface area contributed by atoms with Crippen molar-refractivity contribution >= 4 is 48.5 Å². The van der Waals surface area contributed by atoms with Crippen LogP contribution in [-0.2, 0) is 0 Å². The van der Waals surface area contributed by atoms with Gasteiger partial charge in [0.1, 0.15) is 0 Å². The third-order valence-corrected chi connectivity index (χ3v) is 4.96. The smallest absolute Gasteiger partial charge is 0.258 e. The Hall–Kier alpha value is -1.72. The topological polar surface area (TPSA) is 42.0 Å². The number of hydrogen-bond donors (Lipinski definition) is 1. The molecule has 1 N–H and O–H groups in total. The molecule has 1 amide bonds. The molecule has 5 heteroatoms. The number of carbonyl (C=O) groups is 1. The van der Waals surface area contributed by atoms with Crippen molar-refractivity contribution in [3.8, 4) is 0 Å². The SMILES string of the molecule is Cc1cccc(C(=O)Nc2nc3ccccc3s2)c1Br. The predicted molar refractivity (Wildman–Crippen MR) is 86.5 cm³/mol. The van der Waals surface area contributed by atoms with Crippen LogP contribution in [0.1, 0.15) is 15.9 Å². The fourth-order valence-corrected chi connectivity index (χ4v) is 3.22. The second-order valence-corrected chi connectivity index (χ2v) is 6.20. The van der Waals surface area contributed by atoms with Gasteiger partial charge in [0.15, 0.2) is 5.13 Å². The zero-order valence-corrected chi connectivity index (χ0v) is 13.1. The molecule has 0 aliphatic carbocycles. The van der Waals surface area contributed by atoms with E-state index in [0.29, 0.717) is 10.7 Å². The standard InChI is InChI=1S/C15H11BrN2OS/c1-9-5-4-6-10(13(9)16)14(19)18-15-17-11-7-2-3-8-12(11)20-15/h2-8H,1H3,(H,17,18,19). The molecule has 2 aromatic carbocycles. The Morgan fingerprint density at radius 3 is 2.80 bits per heavy atom. The average Bonchev–Trinajstić information content (AvgIpc) is 2.83. The van der Waals surface area contributed by atoms with Gasteiger partial charge in [0.05, 0.1) is 15.8 Å². The Kier molecular flexibility index (Phi) is 3.54. The lowest BCUT2D eigenvalue weighted by Crippen LogP contribution is -2.12. The van der Waals surface area contributed by atoms with Crippen molar-refractivity contribution < 1.29 is 4.79 Å². The molecular weight excluding hydrogens is 336 g/mol. The Bertz CT molecular complexity index is 764. The number of benzene rings is 2. The molecule has 0 bridgehead atoms. The lowest BCUT2D eigenvalue weighted by Gasteiger charge is -2.06. The molecule has 0 saturated carbocycles. The van der Waals surface area contributed by atoms with E-state index in [2.05, 4.69) is 26.2 Å². The number of nitrogens with zero attached hydrogens (tertiary/aromatic N) is 1. The quantitative estimate of drug-likeness (QED) is 0.735. The summed E-state index contributed by atoms with van der Waals surface area (Å²) in [6.45, 7) is 1.96. The largest absolute Gasteiger partial charge is 0.298 e. The van der Waals surface area contributed by atoms with Gasteiger partial charge in [-0.25, -0.2) is 4.98 Å². The first kappa shape index (κ1) is 13.3. The summed E-state index contributed by atoms with van der Waals surface area (Å²) in [6, 6.07) is 13.4. The molecule has 0 atom stereocenters. The van der Waals surface area contributed by atoms with Crippen molar-refractivity contribution in [1.29, 1.82) is 0 Å². The highest BCUT2D eigenvalue weighted by Crippen LogP contribution is 2.27. The number of aromatic nitrogens is 1. The fourth-order valence-electron chi connectivity index (χ4n) is 1.91. The van der Waals surface area contributed by atoms with Crippen LogP contribution in [0.15, 0.2) is 46.9 Å². The maximum absolute atomic E-state index is 12.3. The van der Waals surface area contributed by atoms with Crippen molar-refractivity contribution in [3.63, 3.8) is 0 Å². The molecule has 0 aliphatic heterocycles. The number of anilines is 1. The highest BCUT2D eigenvalue weighted by molar-refractivity contribution is 9.10. The molecule has 3 rings (SSSR count). The molecule has 0 aliphatic rings. The summed E-state index contributed by atoms with van der Waals surface area (Å²) in [5.74, 6) is -0.153. The van der Waals surface area contributed by atoms with Crippen LogP contribution in [0.3, 0.4) is 0 Å². The highest BCUT2D eigenvalue weighted by Gasteiger charge is 2.13. The van der Waals surface area contributed by atoms with E-state index in [4.69, 9.17) is 0 Å². The van der Waals surface area contributed by atoms with E-state index in [-0.39, 0.29) is 5.91 Å². The van der Waals surface area contributed by atoms with Gasteiger partial charge >= 0.3 is 0 Å². The minimum Gasteiger partial charge on any atom is -0.298 e. The van der Waals surface area contributed by atoms with E-state index in [1.165, 1.54) is 11.3 Å². The molecule has 20 heavy (non-hydrogen) atoms. The summed E-state index contributed by atoms with van der Waals surface area (Å²) < 4.78 is 1.88. The first-order valence-electron chi connectivity index (χ1n) is 6.07. The van der Waals surface area contributed by atoms with E-state index in [1.54, 1.807) is 6.07 Å². The first-order chi connectivity index (χ1) is 9.65. The summed E-state index contributed by atoms with van der Waals surface area (Å²) >= 11 is 4.92.